The zero-order chi connectivity index (χ0) is 14.2. The van der Waals surface area contributed by atoms with Gasteiger partial charge in [0.25, 0.3) is 0 Å². The summed E-state index contributed by atoms with van der Waals surface area (Å²) in [5.41, 5.74) is 1.51. The summed E-state index contributed by atoms with van der Waals surface area (Å²) in [6, 6.07) is 10.4. The van der Waals surface area contributed by atoms with Crippen molar-refractivity contribution in [2.75, 3.05) is 6.54 Å². The van der Waals surface area contributed by atoms with Crippen molar-refractivity contribution >= 4 is 0 Å². The number of aromatic nitrogens is 1. The van der Waals surface area contributed by atoms with Gasteiger partial charge in [0, 0.05) is 12.1 Å². The Kier molecular flexibility index (Phi) is 5.50. The van der Waals surface area contributed by atoms with Crippen LogP contribution < -0.4 is 10.1 Å². The van der Waals surface area contributed by atoms with Crippen molar-refractivity contribution in [3.8, 4) is 5.75 Å². The Morgan fingerprint density at radius 2 is 2.05 bits per heavy atom. The lowest BCUT2D eigenvalue weighted by atomic mass is 10.2. The minimum atomic E-state index is -0.249. The first-order valence-electron chi connectivity index (χ1n) is 6.81. The van der Waals surface area contributed by atoms with Crippen molar-refractivity contribution in [2.24, 2.45) is 0 Å². The first kappa shape index (κ1) is 14.5. The summed E-state index contributed by atoms with van der Waals surface area (Å²) in [6.07, 6.45) is 2.77. The molecule has 1 N–H and O–H groups in total. The molecule has 1 aromatic carbocycles. The molecule has 0 aliphatic rings. The second-order valence-corrected chi connectivity index (χ2v) is 4.54. The number of nitrogens with zero attached hydrogens (tertiary/aromatic N) is 1. The van der Waals surface area contributed by atoms with Gasteiger partial charge in [-0.1, -0.05) is 25.1 Å². The second-order valence-electron chi connectivity index (χ2n) is 4.54. The van der Waals surface area contributed by atoms with Crippen LogP contribution in [0.4, 0.5) is 4.39 Å². The van der Waals surface area contributed by atoms with Crippen molar-refractivity contribution in [3.05, 3.63) is 59.7 Å². The van der Waals surface area contributed by atoms with E-state index in [1.54, 1.807) is 24.4 Å². The lowest BCUT2D eigenvalue weighted by molar-refractivity contribution is 0.298. The molecule has 0 spiro atoms. The summed E-state index contributed by atoms with van der Waals surface area (Å²) < 4.78 is 19.0. The summed E-state index contributed by atoms with van der Waals surface area (Å²) in [5.74, 6) is 0.397. The van der Waals surface area contributed by atoms with Crippen LogP contribution in [0.25, 0.3) is 0 Å². The van der Waals surface area contributed by atoms with Gasteiger partial charge < -0.3 is 10.1 Å². The molecule has 1 aromatic heterocycles. The molecule has 0 unspecified atom stereocenters. The molecule has 20 heavy (non-hydrogen) atoms. The maximum absolute atomic E-state index is 13.4. The Labute approximate surface area is 118 Å². The number of nitrogens with one attached hydrogen (secondary N) is 1. The average molecular weight is 274 g/mol. The maximum Gasteiger partial charge on any atom is 0.138 e. The minimum Gasteiger partial charge on any atom is -0.487 e. The van der Waals surface area contributed by atoms with Gasteiger partial charge in [-0.3, -0.25) is 4.98 Å². The fraction of sp³-hybridized carbons (Fsp3) is 0.312. The van der Waals surface area contributed by atoms with E-state index in [0.29, 0.717) is 11.3 Å². The Hall–Kier alpha value is -1.94. The number of benzene rings is 1. The van der Waals surface area contributed by atoms with Gasteiger partial charge in [0.05, 0.1) is 11.9 Å². The third-order valence-corrected chi connectivity index (χ3v) is 2.88. The SMILES string of the molecule is CCCNCc1ccc(OCc2ccccc2F)cn1. The highest BCUT2D eigenvalue weighted by atomic mass is 19.1. The van der Waals surface area contributed by atoms with Crippen molar-refractivity contribution in [3.63, 3.8) is 0 Å². The molecule has 0 fully saturated rings. The van der Waals surface area contributed by atoms with E-state index in [2.05, 4.69) is 17.2 Å². The van der Waals surface area contributed by atoms with Crippen LogP contribution in [0.5, 0.6) is 5.75 Å². The van der Waals surface area contributed by atoms with E-state index in [0.717, 1.165) is 25.2 Å². The van der Waals surface area contributed by atoms with Gasteiger partial charge >= 0.3 is 0 Å². The van der Waals surface area contributed by atoms with E-state index < -0.39 is 0 Å². The van der Waals surface area contributed by atoms with Crippen LogP contribution >= 0.6 is 0 Å². The van der Waals surface area contributed by atoms with Crippen LogP contribution in [-0.2, 0) is 13.2 Å². The van der Waals surface area contributed by atoms with Gasteiger partial charge in [0.2, 0.25) is 0 Å². The number of ether oxygens (including phenoxy) is 1. The monoisotopic (exact) mass is 274 g/mol. The Morgan fingerprint density at radius 1 is 1.20 bits per heavy atom. The zero-order valence-corrected chi connectivity index (χ0v) is 11.6. The smallest absolute Gasteiger partial charge is 0.138 e. The van der Waals surface area contributed by atoms with Gasteiger partial charge in [-0.15, -0.1) is 0 Å². The average Bonchev–Trinajstić information content (AvgIpc) is 2.48. The third-order valence-electron chi connectivity index (χ3n) is 2.88. The summed E-state index contributed by atoms with van der Waals surface area (Å²) in [7, 11) is 0. The predicted molar refractivity (Wildman–Crippen MR) is 77.0 cm³/mol. The topological polar surface area (TPSA) is 34.1 Å². The quantitative estimate of drug-likeness (QED) is 0.787. The summed E-state index contributed by atoms with van der Waals surface area (Å²) >= 11 is 0. The Morgan fingerprint density at radius 3 is 2.75 bits per heavy atom. The van der Waals surface area contributed by atoms with Crippen LogP contribution in [0.15, 0.2) is 42.6 Å². The molecule has 0 saturated heterocycles. The Balaban J connectivity index is 1.86. The lowest BCUT2D eigenvalue weighted by Crippen LogP contribution is -2.14. The van der Waals surface area contributed by atoms with Crippen molar-refractivity contribution < 1.29 is 9.13 Å². The third kappa shape index (κ3) is 4.31. The zero-order valence-electron chi connectivity index (χ0n) is 11.6. The molecule has 0 saturated carbocycles. The fourth-order valence-electron chi connectivity index (χ4n) is 1.77. The van der Waals surface area contributed by atoms with Crippen molar-refractivity contribution in [2.45, 2.75) is 26.5 Å². The Bertz CT molecular complexity index is 528. The number of hydrogen-bond donors (Lipinski definition) is 1. The molecule has 3 nitrogen and oxygen atoms in total. The van der Waals surface area contributed by atoms with Gasteiger partial charge in [-0.2, -0.15) is 0 Å². The molecule has 2 rings (SSSR count). The molecule has 1 heterocycles. The normalized spacial score (nSPS) is 10.5. The standard InChI is InChI=1S/C16H19FN2O/c1-2-9-18-10-14-7-8-15(11-19-14)20-12-13-5-3-4-6-16(13)17/h3-8,11,18H,2,9-10,12H2,1H3. The fourth-order valence-corrected chi connectivity index (χ4v) is 1.77. The van der Waals surface area contributed by atoms with Crippen molar-refractivity contribution in [1.29, 1.82) is 0 Å². The van der Waals surface area contributed by atoms with Crippen LogP contribution in [0.3, 0.4) is 0 Å². The molecule has 0 bridgehead atoms. The van der Waals surface area contributed by atoms with E-state index in [-0.39, 0.29) is 12.4 Å². The minimum absolute atomic E-state index is 0.210. The van der Waals surface area contributed by atoms with Crippen molar-refractivity contribution in [1.82, 2.24) is 10.3 Å². The van der Waals surface area contributed by atoms with Crippen LogP contribution in [0, 0.1) is 5.82 Å². The summed E-state index contributed by atoms with van der Waals surface area (Å²) in [6.45, 7) is 4.07. The molecule has 0 aliphatic heterocycles. The number of rotatable bonds is 7. The number of pyridine rings is 1. The van der Waals surface area contributed by atoms with E-state index >= 15 is 0 Å². The predicted octanol–water partition coefficient (Wildman–Crippen LogP) is 3.30. The van der Waals surface area contributed by atoms with Gasteiger partial charge in [-0.05, 0) is 31.2 Å². The first-order chi connectivity index (χ1) is 9.79. The largest absolute Gasteiger partial charge is 0.487 e. The van der Waals surface area contributed by atoms with Gasteiger partial charge in [0.15, 0.2) is 0 Å². The number of hydrogen-bond acceptors (Lipinski definition) is 3. The van der Waals surface area contributed by atoms with E-state index in [9.17, 15) is 4.39 Å². The van der Waals surface area contributed by atoms with Crippen LogP contribution in [0.2, 0.25) is 0 Å². The molecule has 0 aliphatic carbocycles. The van der Waals surface area contributed by atoms with E-state index in [1.807, 2.05) is 12.1 Å². The molecular formula is C16H19FN2O. The number of halogens is 1. The molecule has 0 amide bonds. The first-order valence-corrected chi connectivity index (χ1v) is 6.81. The van der Waals surface area contributed by atoms with Gasteiger partial charge in [0.1, 0.15) is 18.2 Å². The van der Waals surface area contributed by atoms with Crippen LogP contribution in [0.1, 0.15) is 24.6 Å². The highest BCUT2D eigenvalue weighted by Crippen LogP contribution is 2.13. The van der Waals surface area contributed by atoms with Crippen LogP contribution in [-0.4, -0.2) is 11.5 Å². The van der Waals surface area contributed by atoms with Gasteiger partial charge in [-0.25, -0.2) is 4.39 Å². The maximum atomic E-state index is 13.4. The highest BCUT2D eigenvalue weighted by molar-refractivity contribution is 5.22. The lowest BCUT2D eigenvalue weighted by Gasteiger charge is -2.08. The summed E-state index contributed by atoms with van der Waals surface area (Å²) in [4.78, 5) is 4.30. The summed E-state index contributed by atoms with van der Waals surface area (Å²) in [5, 5.41) is 3.28. The molecule has 0 atom stereocenters. The highest BCUT2D eigenvalue weighted by Gasteiger charge is 2.02. The van der Waals surface area contributed by atoms with E-state index in [1.165, 1.54) is 6.07 Å². The molecular weight excluding hydrogens is 255 g/mol. The second kappa shape index (κ2) is 7.60. The molecule has 106 valence electrons. The van der Waals surface area contributed by atoms with E-state index in [4.69, 9.17) is 4.74 Å². The molecule has 0 radical (unpaired) electrons. The molecule has 4 heteroatoms. The molecule has 2 aromatic rings.